The number of nitrogens with zero attached hydrogens (tertiary/aromatic N) is 1. The molecule has 2 aromatic carbocycles. The first kappa shape index (κ1) is 27.7. The molecule has 2 aliphatic rings. The Morgan fingerprint density at radius 2 is 1.58 bits per heavy atom. The van der Waals surface area contributed by atoms with Crippen LogP contribution in [0.15, 0.2) is 24.3 Å². The Hall–Kier alpha value is -3.33. The highest BCUT2D eigenvalue weighted by Gasteiger charge is 2.35. The molecule has 0 bridgehead atoms. The second kappa shape index (κ2) is 12.5. The van der Waals surface area contributed by atoms with Gasteiger partial charge in [-0.05, 0) is 42.8 Å². The van der Waals surface area contributed by atoms with Crippen molar-refractivity contribution in [3.63, 3.8) is 0 Å². The van der Waals surface area contributed by atoms with Crippen LogP contribution in [0.4, 0.5) is 11.4 Å². The number of piperazine rings is 2. The molecule has 2 aliphatic heterocycles. The number of aryl methyl sites for hydroxylation is 1. The zero-order valence-corrected chi connectivity index (χ0v) is 22.5. The maximum atomic E-state index is 14.2. The molecular formula is C28H38N8O2. The number of ketones is 2. The molecule has 7 N–H and O–H groups in total. The van der Waals surface area contributed by atoms with E-state index in [4.69, 9.17) is 0 Å². The number of nitriles is 1. The summed E-state index contributed by atoms with van der Waals surface area (Å²) in [6.45, 7) is 5.96. The lowest BCUT2D eigenvalue weighted by molar-refractivity contribution is 0.0923. The van der Waals surface area contributed by atoms with Crippen LogP contribution < -0.4 is 37.2 Å². The number of nitrogens with one attached hydrogen (secondary N) is 7. The highest BCUT2D eigenvalue weighted by molar-refractivity contribution is 6.14. The van der Waals surface area contributed by atoms with Crippen LogP contribution in [0, 0.1) is 18.3 Å². The summed E-state index contributed by atoms with van der Waals surface area (Å²) in [5.74, 6) is -0.132. The van der Waals surface area contributed by atoms with Gasteiger partial charge in [-0.2, -0.15) is 5.26 Å². The van der Waals surface area contributed by atoms with Gasteiger partial charge in [0.2, 0.25) is 0 Å². The minimum absolute atomic E-state index is 0.0594. The number of carbonyl (C=O) groups is 2. The molecule has 10 heteroatoms. The Morgan fingerprint density at radius 3 is 2.11 bits per heavy atom. The van der Waals surface area contributed by atoms with Crippen molar-refractivity contribution in [2.24, 2.45) is 0 Å². The molecule has 0 aromatic heterocycles. The summed E-state index contributed by atoms with van der Waals surface area (Å²) in [5, 5.41) is 33.0. The third-order valence-corrected chi connectivity index (χ3v) is 7.42. The van der Waals surface area contributed by atoms with Gasteiger partial charge in [-0.3, -0.25) is 9.59 Å². The van der Waals surface area contributed by atoms with E-state index >= 15 is 0 Å². The van der Waals surface area contributed by atoms with Gasteiger partial charge in [0.05, 0.1) is 41.1 Å². The van der Waals surface area contributed by atoms with Crippen LogP contribution in [0.1, 0.15) is 49.0 Å². The molecule has 0 saturated carbocycles. The molecule has 0 radical (unpaired) electrons. The van der Waals surface area contributed by atoms with Gasteiger partial charge in [-0.15, -0.1) is 0 Å². The van der Waals surface area contributed by atoms with Crippen molar-refractivity contribution in [3.05, 3.63) is 57.6 Å². The second-order valence-electron chi connectivity index (χ2n) is 9.66. The van der Waals surface area contributed by atoms with E-state index in [1.54, 1.807) is 20.2 Å². The number of hydrogen-bond acceptors (Lipinski definition) is 10. The van der Waals surface area contributed by atoms with Gasteiger partial charge in [0.1, 0.15) is 0 Å². The number of anilines is 2. The summed E-state index contributed by atoms with van der Waals surface area (Å²) < 4.78 is 0. The van der Waals surface area contributed by atoms with Crippen molar-refractivity contribution in [2.45, 2.75) is 25.0 Å². The number of rotatable bonds is 9. The summed E-state index contributed by atoms with van der Waals surface area (Å²) in [6.07, 6.45) is 0. The molecule has 202 valence electrons. The first-order valence-electron chi connectivity index (χ1n) is 13.2. The van der Waals surface area contributed by atoms with Crippen LogP contribution in [0.3, 0.4) is 0 Å². The Balaban J connectivity index is 1.99. The molecule has 38 heavy (non-hydrogen) atoms. The van der Waals surface area contributed by atoms with Crippen molar-refractivity contribution in [1.82, 2.24) is 26.6 Å². The molecule has 2 fully saturated rings. The van der Waals surface area contributed by atoms with Crippen molar-refractivity contribution in [1.29, 1.82) is 5.26 Å². The number of carbonyl (C=O) groups excluding carboxylic acids is 2. The third-order valence-electron chi connectivity index (χ3n) is 7.42. The molecule has 3 unspecified atom stereocenters. The lowest BCUT2D eigenvalue weighted by Gasteiger charge is -2.31. The highest BCUT2D eigenvalue weighted by Crippen LogP contribution is 2.40. The molecule has 2 aromatic rings. The molecule has 3 atom stereocenters. The maximum Gasteiger partial charge on any atom is 0.183 e. The van der Waals surface area contributed by atoms with E-state index in [2.05, 4.69) is 43.3 Å². The van der Waals surface area contributed by atoms with Crippen LogP contribution in [-0.4, -0.2) is 84.1 Å². The molecule has 2 saturated heterocycles. The van der Waals surface area contributed by atoms with Gasteiger partial charge in [0.15, 0.2) is 11.6 Å². The average Bonchev–Trinajstić information content (AvgIpc) is 2.97. The second-order valence-corrected chi connectivity index (χ2v) is 9.66. The van der Waals surface area contributed by atoms with E-state index in [-0.39, 0.29) is 17.6 Å². The van der Waals surface area contributed by atoms with Gasteiger partial charge >= 0.3 is 0 Å². The first-order chi connectivity index (χ1) is 18.5. The van der Waals surface area contributed by atoms with Crippen molar-refractivity contribution < 1.29 is 9.59 Å². The predicted octanol–water partition coefficient (Wildman–Crippen LogP) is 0.747. The van der Waals surface area contributed by atoms with Crippen LogP contribution >= 0.6 is 0 Å². The van der Waals surface area contributed by atoms with E-state index < -0.39 is 12.1 Å². The zero-order chi connectivity index (χ0) is 27.2. The summed E-state index contributed by atoms with van der Waals surface area (Å²) in [4.78, 5) is 28.0. The van der Waals surface area contributed by atoms with E-state index in [0.717, 1.165) is 24.2 Å². The number of hydrogen-bond donors (Lipinski definition) is 7. The summed E-state index contributed by atoms with van der Waals surface area (Å²) in [7, 11) is 5.34. The van der Waals surface area contributed by atoms with Gasteiger partial charge in [0, 0.05) is 64.5 Å². The Bertz CT molecular complexity index is 1230. The van der Waals surface area contributed by atoms with Crippen molar-refractivity contribution in [3.8, 4) is 6.07 Å². The van der Waals surface area contributed by atoms with Gasteiger partial charge in [-0.25, -0.2) is 0 Å². The minimum atomic E-state index is -0.497. The Kier molecular flexibility index (Phi) is 9.09. The maximum absolute atomic E-state index is 14.2. The largest absolute Gasteiger partial charge is 0.386 e. The lowest BCUT2D eigenvalue weighted by Crippen LogP contribution is -2.53. The monoisotopic (exact) mass is 518 g/mol. The van der Waals surface area contributed by atoms with Crippen molar-refractivity contribution in [2.75, 3.05) is 71.0 Å². The number of Topliss-reactive ketones (excluding diaryl/α,β-unsaturated/α-hetero) is 2. The van der Waals surface area contributed by atoms with E-state index in [1.165, 1.54) is 0 Å². The quantitative estimate of drug-likeness (QED) is 0.238. The average molecular weight is 519 g/mol. The zero-order valence-electron chi connectivity index (χ0n) is 22.5. The fourth-order valence-electron chi connectivity index (χ4n) is 5.56. The molecule has 10 nitrogen and oxygen atoms in total. The Morgan fingerprint density at radius 1 is 0.947 bits per heavy atom. The van der Waals surface area contributed by atoms with Crippen molar-refractivity contribution >= 4 is 22.9 Å². The fourth-order valence-corrected chi connectivity index (χ4v) is 5.56. The Labute approximate surface area is 224 Å². The van der Waals surface area contributed by atoms with Crippen LogP contribution in [-0.2, 0) is 0 Å². The summed E-state index contributed by atoms with van der Waals surface area (Å²) >= 11 is 0. The van der Waals surface area contributed by atoms with Gasteiger partial charge in [0.25, 0.3) is 0 Å². The van der Waals surface area contributed by atoms with Gasteiger partial charge in [-0.1, -0.05) is 12.1 Å². The third kappa shape index (κ3) is 5.29. The van der Waals surface area contributed by atoms with Crippen LogP contribution in [0.25, 0.3) is 0 Å². The number of benzene rings is 2. The fraction of sp³-hybridized carbons (Fsp3) is 0.464. The molecule has 2 heterocycles. The smallest absolute Gasteiger partial charge is 0.183 e. The summed E-state index contributed by atoms with van der Waals surface area (Å²) in [5.41, 5.74) is 5.04. The molecular weight excluding hydrogens is 480 g/mol. The van der Waals surface area contributed by atoms with Crippen LogP contribution in [0.2, 0.25) is 0 Å². The molecule has 0 amide bonds. The summed E-state index contributed by atoms with van der Waals surface area (Å²) in [6, 6.07) is 8.44. The topological polar surface area (TPSA) is 142 Å². The highest BCUT2D eigenvalue weighted by atomic mass is 16.1. The minimum Gasteiger partial charge on any atom is -0.386 e. The molecule has 0 spiro atoms. The normalized spacial score (nSPS) is 20.3. The standard InChI is InChI=1S/C28H38N8O2/c1-16-6-5-7-17(13-29)22(16)24(30-2)18-12-19(27(37)20-14-33-8-10-35-20)25(31-3)26(32-4)23(18)28(38)21-15-34-9-11-36-21/h5-7,12,20-21,24,30-36H,8-11,14-15H2,1-4H3. The SMILES string of the molecule is CNc1c(C(=O)C2CNCCN2)cc(C(NC)c2c(C)cccc2C#N)c(C(=O)C2CNCCN2)c1NC. The van der Waals surface area contributed by atoms with E-state index in [1.807, 2.05) is 32.2 Å². The van der Waals surface area contributed by atoms with Gasteiger partial charge < -0.3 is 37.2 Å². The first-order valence-corrected chi connectivity index (χ1v) is 13.2. The predicted molar refractivity (Wildman–Crippen MR) is 150 cm³/mol. The lowest BCUT2D eigenvalue weighted by atomic mass is 9.83. The van der Waals surface area contributed by atoms with E-state index in [9.17, 15) is 14.9 Å². The molecule has 4 rings (SSSR count). The van der Waals surface area contributed by atoms with Crippen LogP contribution in [0.5, 0.6) is 0 Å². The van der Waals surface area contributed by atoms with E-state index in [0.29, 0.717) is 59.8 Å². The molecule has 0 aliphatic carbocycles.